The van der Waals surface area contributed by atoms with Crippen LogP contribution < -0.4 is 0 Å². The van der Waals surface area contributed by atoms with Crippen LogP contribution in [0.3, 0.4) is 0 Å². The molecule has 0 saturated heterocycles. The molecule has 1 atom stereocenters. The van der Waals surface area contributed by atoms with Crippen molar-refractivity contribution in [2.45, 2.75) is 33.1 Å². The molecule has 80 valence electrons. The van der Waals surface area contributed by atoms with Crippen LogP contribution in [-0.4, -0.2) is 11.7 Å². The quantitative estimate of drug-likeness (QED) is 0.793. The highest BCUT2D eigenvalue weighted by molar-refractivity contribution is 6.31. The molecular formula is C12H19ClO. The van der Waals surface area contributed by atoms with Gasteiger partial charge in [-0.1, -0.05) is 57.0 Å². The van der Waals surface area contributed by atoms with Gasteiger partial charge in [-0.2, -0.15) is 0 Å². The molecule has 14 heavy (non-hydrogen) atoms. The summed E-state index contributed by atoms with van der Waals surface area (Å²) < 4.78 is 0. The van der Waals surface area contributed by atoms with Crippen molar-refractivity contribution < 1.29 is 5.11 Å². The van der Waals surface area contributed by atoms with Crippen molar-refractivity contribution >= 4 is 11.6 Å². The molecule has 0 fully saturated rings. The van der Waals surface area contributed by atoms with Gasteiger partial charge in [0.1, 0.15) is 0 Å². The predicted molar refractivity (Wildman–Crippen MR) is 62.9 cm³/mol. The number of rotatable bonds is 2. The third-order valence-electron chi connectivity index (χ3n) is 1.71. The van der Waals surface area contributed by atoms with Crippen molar-refractivity contribution in [2.75, 3.05) is 6.61 Å². The second-order valence-electron chi connectivity index (χ2n) is 3.31. The Hall–Kier alpha value is -0.530. The molecule has 0 amide bonds. The van der Waals surface area contributed by atoms with Gasteiger partial charge in [0.2, 0.25) is 0 Å². The zero-order chi connectivity index (χ0) is 11.0. The molecule has 0 aliphatic heterocycles. The Morgan fingerprint density at radius 1 is 1.29 bits per heavy atom. The first-order valence-electron chi connectivity index (χ1n) is 5.02. The van der Waals surface area contributed by atoms with E-state index in [-0.39, 0.29) is 12.5 Å². The van der Waals surface area contributed by atoms with Gasteiger partial charge in [0.05, 0.1) is 0 Å². The highest BCUT2D eigenvalue weighted by atomic mass is 35.5. The molecule has 1 aromatic rings. The van der Waals surface area contributed by atoms with E-state index in [4.69, 9.17) is 16.7 Å². The average molecular weight is 215 g/mol. The molecule has 0 aromatic heterocycles. The number of benzene rings is 1. The molecule has 0 bridgehead atoms. The zero-order valence-corrected chi connectivity index (χ0v) is 9.88. The fourth-order valence-electron chi connectivity index (χ4n) is 0.973. The zero-order valence-electron chi connectivity index (χ0n) is 9.13. The van der Waals surface area contributed by atoms with Crippen molar-refractivity contribution in [1.82, 2.24) is 0 Å². The summed E-state index contributed by atoms with van der Waals surface area (Å²) in [7, 11) is 0. The van der Waals surface area contributed by atoms with E-state index in [1.807, 2.05) is 31.2 Å². The Morgan fingerprint density at radius 2 is 1.79 bits per heavy atom. The number of hydrogen-bond acceptors (Lipinski definition) is 1. The van der Waals surface area contributed by atoms with Crippen molar-refractivity contribution in [3.05, 3.63) is 34.9 Å². The average Bonchev–Trinajstić information content (AvgIpc) is 2.19. The summed E-state index contributed by atoms with van der Waals surface area (Å²) in [5.41, 5.74) is 1.01. The standard InChI is InChI=1S/C9H11ClO.C3H8/c1-7(6-11)8-4-2-3-5-9(8)10;1-3-2/h2-5,7,11H,6H2,1H3;3H2,1-2H3. The molecule has 1 unspecified atom stereocenters. The minimum absolute atomic E-state index is 0.128. The van der Waals surface area contributed by atoms with Crippen LogP contribution in [0.15, 0.2) is 24.3 Å². The van der Waals surface area contributed by atoms with Crippen LogP contribution in [0.25, 0.3) is 0 Å². The summed E-state index contributed by atoms with van der Waals surface area (Å²) in [5.74, 6) is 0.128. The Labute approximate surface area is 91.7 Å². The van der Waals surface area contributed by atoms with E-state index in [0.717, 1.165) is 10.6 Å². The van der Waals surface area contributed by atoms with E-state index in [9.17, 15) is 0 Å². The molecule has 0 radical (unpaired) electrons. The minimum Gasteiger partial charge on any atom is -0.396 e. The van der Waals surface area contributed by atoms with E-state index >= 15 is 0 Å². The molecule has 1 aromatic carbocycles. The molecule has 2 heteroatoms. The topological polar surface area (TPSA) is 20.2 Å². The lowest BCUT2D eigenvalue weighted by Gasteiger charge is -2.08. The third-order valence-corrected chi connectivity index (χ3v) is 2.05. The van der Waals surface area contributed by atoms with E-state index in [2.05, 4.69) is 13.8 Å². The van der Waals surface area contributed by atoms with Gasteiger partial charge in [0.25, 0.3) is 0 Å². The lowest BCUT2D eigenvalue weighted by atomic mass is 10.0. The fraction of sp³-hybridized carbons (Fsp3) is 0.500. The smallest absolute Gasteiger partial charge is 0.0497 e. The first kappa shape index (κ1) is 13.5. The molecule has 0 spiro atoms. The summed E-state index contributed by atoms with van der Waals surface area (Å²) >= 11 is 5.89. The summed E-state index contributed by atoms with van der Waals surface area (Å²) in [5, 5.41) is 9.58. The first-order valence-corrected chi connectivity index (χ1v) is 5.40. The highest BCUT2D eigenvalue weighted by Crippen LogP contribution is 2.22. The van der Waals surface area contributed by atoms with Crippen LogP contribution in [-0.2, 0) is 0 Å². The Bertz CT molecular complexity index is 248. The van der Waals surface area contributed by atoms with Crippen LogP contribution in [0.2, 0.25) is 5.02 Å². The number of aliphatic hydroxyl groups excluding tert-OH is 1. The van der Waals surface area contributed by atoms with Gasteiger partial charge in [-0.25, -0.2) is 0 Å². The Morgan fingerprint density at radius 3 is 2.21 bits per heavy atom. The van der Waals surface area contributed by atoms with Gasteiger partial charge in [-0.3, -0.25) is 0 Å². The highest BCUT2D eigenvalue weighted by Gasteiger charge is 2.06. The molecule has 0 heterocycles. The summed E-state index contributed by atoms with van der Waals surface area (Å²) in [6, 6.07) is 7.58. The molecule has 1 rings (SSSR count). The second-order valence-corrected chi connectivity index (χ2v) is 3.72. The van der Waals surface area contributed by atoms with E-state index in [1.54, 1.807) is 0 Å². The molecule has 0 aliphatic carbocycles. The summed E-state index contributed by atoms with van der Waals surface area (Å²) in [6.07, 6.45) is 1.25. The van der Waals surface area contributed by atoms with Crippen molar-refractivity contribution in [2.24, 2.45) is 0 Å². The molecule has 0 aliphatic rings. The normalized spacial score (nSPS) is 11.5. The van der Waals surface area contributed by atoms with E-state index in [0.29, 0.717) is 0 Å². The van der Waals surface area contributed by atoms with E-state index < -0.39 is 0 Å². The van der Waals surface area contributed by atoms with Gasteiger partial charge in [-0.15, -0.1) is 0 Å². The van der Waals surface area contributed by atoms with Crippen LogP contribution in [0, 0.1) is 0 Å². The predicted octanol–water partition coefficient (Wildman–Crippen LogP) is 3.85. The van der Waals surface area contributed by atoms with Gasteiger partial charge < -0.3 is 5.11 Å². The van der Waals surface area contributed by atoms with Crippen molar-refractivity contribution in [3.63, 3.8) is 0 Å². The Kier molecular flexibility index (Phi) is 7.54. The maximum Gasteiger partial charge on any atom is 0.0497 e. The first-order chi connectivity index (χ1) is 6.67. The monoisotopic (exact) mass is 214 g/mol. The maximum atomic E-state index is 8.85. The third kappa shape index (κ3) is 4.64. The van der Waals surface area contributed by atoms with E-state index in [1.165, 1.54) is 6.42 Å². The SMILES string of the molecule is CC(CO)c1ccccc1Cl.CCC. The fourth-order valence-corrected chi connectivity index (χ4v) is 1.30. The van der Waals surface area contributed by atoms with Crippen LogP contribution in [0.4, 0.5) is 0 Å². The maximum absolute atomic E-state index is 8.85. The van der Waals surface area contributed by atoms with Crippen molar-refractivity contribution in [1.29, 1.82) is 0 Å². The van der Waals surface area contributed by atoms with Crippen molar-refractivity contribution in [3.8, 4) is 0 Å². The summed E-state index contributed by atoms with van der Waals surface area (Å²) in [6.45, 7) is 6.34. The van der Waals surface area contributed by atoms with Gasteiger partial charge >= 0.3 is 0 Å². The molecule has 1 nitrogen and oxygen atoms in total. The largest absolute Gasteiger partial charge is 0.396 e. The lowest BCUT2D eigenvalue weighted by molar-refractivity contribution is 0.273. The number of halogens is 1. The van der Waals surface area contributed by atoms with Gasteiger partial charge in [-0.05, 0) is 11.6 Å². The minimum atomic E-state index is 0.128. The number of hydrogen-bond donors (Lipinski definition) is 1. The Balaban J connectivity index is 0.000000500. The number of aliphatic hydroxyl groups is 1. The van der Waals surface area contributed by atoms with Crippen LogP contribution in [0.1, 0.15) is 38.7 Å². The molecule has 0 saturated carbocycles. The van der Waals surface area contributed by atoms with Crippen LogP contribution >= 0.6 is 11.6 Å². The molecule has 1 N–H and O–H groups in total. The van der Waals surface area contributed by atoms with Crippen LogP contribution in [0.5, 0.6) is 0 Å². The lowest BCUT2D eigenvalue weighted by Crippen LogP contribution is -1.98. The molecular weight excluding hydrogens is 196 g/mol. The van der Waals surface area contributed by atoms with Gasteiger partial charge in [0, 0.05) is 17.5 Å². The van der Waals surface area contributed by atoms with Gasteiger partial charge in [0.15, 0.2) is 0 Å². The second kappa shape index (κ2) is 7.84. The summed E-state index contributed by atoms with van der Waals surface area (Å²) in [4.78, 5) is 0.